The number of esters is 1. The molecule has 4 nitrogen and oxygen atoms in total. The first-order chi connectivity index (χ1) is 14.1. The van der Waals surface area contributed by atoms with Gasteiger partial charge in [-0.3, -0.25) is 9.59 Å². The standard InChI is InChI=1S/C26H42O4/c1-16(5-10-24(28)29)21-8-9-22-20-7-6-18-15-19(30-17(2)27)11-13-25(18,3)23(20)12-14-26(21,22)4/h16,18-23H,5-15H2,1-4H3,(H,28,29)/t16-,18-,19+,20+,21?,22?,23?,25+,26-/m1/s1. The van der Waals surface area contributed by atoms with Crippen molar-refractivity contribution in [3.8, 4) is 0 Å². The van der Waals surface area contributed by atoms with E-state index in [-0.39, 0.29) is 12.1 Å². The number of hydrogen-bond donors (Lipinski definition) is 1. The van der Waals surface area contributed by atoms with Crippen molar-refractivity contribution in [3.63, 3.8) is 0 Å². The van der Waals surface area contributed by atoms with Crippen molar-refractivity contribution in [1.82, 2.24) is 0 Å². The predicted molar refractivity (Wildman–Crippen MR) is 117 cm³/mol. The summed E-state index contributed by atoms with van der Waals surface area (Å²) in [6.07, 6.45) is 12.5. The molecule has 0 radical (unpaired) electrons. The van der Waals surface area contributed by atoms with Crippen molar-refractivity contribution in [3.05, 3.63) is 0 Å². The summed E-state index contributed by atoms with van der Waals surface area (Å²) in [5.74, 6) is 3.60. The summed E-state index contributed by atoms with van der Waals surface area (Å²) in [7, 11) is 0. The maximum Gasteiger partial charge on any atom is 0.303 e. The number of carboxylic acid groups (broad SMARTS) is 1. The minimum absolute atomic E-state index is 0.125. The topological polar surface area (TPSA) is 63.6 Å². The van der Waals surface area contributed by atoms with Gasteiger partial charge in [-0.25, -0.2) is 0 Å². The fraction of sp³-hybridized carbons (Fsp3) is 0.923. The Morgan fingerprint density at radius 3 is 2.40 bits per heavy atom. The quantitative estimate of drug-likeness (QED) is 0.550. The highest BCUT2D eigenvalue weighted by Crippen LogP contribution is 2.68. The average Bonchev–Trinajstić information content (AvgIpc) is 3.03. The first kappa shape index (κ1) is 22.1. The predicted octanol–water partition coefficient (Wildman–Crippen LogP) is 6.08. The van der Waals surface area contributed by atoms with Crippen molar-refractivity contribution in [1.29, 1.82) is 0 Å². The third-order valence-electron chi connectivity index (χ3n) is 10.5. The molecule has 0 amide bonds. The van der Waals surface area contributed by atoms with Crippen molar-refractivity contribution < 1.29 is 19.4 Å². The van der Waals surface area contributed by atoms with E-state index < -0.39 is 5.97 Å². The summed E-state index contributed by atoms with van der Waals surface area (Å²) >= 11 is 0. The van der Waals surface area contributed by atoms with Crippen LogP contribution in [0.25, 0.3) is 0 Å². The molecule has 0 aliphatic heterocycles. The highest BCUT2D eigenvalue weighted by atomic mass is 16.5. The molecule has 3 unspecified atom stereocenters. The van der Waals surface area contributed by atoms with Gasteiger partial charge in [0.05, 0.1) is 0 Å². The van der Waals surface area contributed by atoms with Crippen LogP contribution in [0.15, 0.2) is 0 Å². The van der Waals surface area contributed by atoms with Gasteiger partial charge in [0.15, 0.2) is 0 Å². The molecule has 4 aliphatic carbocycles. The molecule has 4 aliphatic rings. The zero-order valence-corrected chi connectivity index (χ0v) is 19.5. The normalized spacial score (nSPS) is 46.3. The molecule has 0 heterocycles. The van der Waals surface area contributed by atoms with E-state index in [2.05, 4.69) is 20.8 Å². The molecule has 9 atom stereocenters. The average molecular weight is 419 g/mol. The molecule has 4 saturated carbocycles. The van der Waals surface area contributed by atoms with Crippen LogP contribution >= 0.6 is 0 Å². The van der Waals surface area contributed by atoms with Gasteiger partial charge in [-0.2, -0.15) is 0 Å². The molecular formula is C26H42O4. The van der Waals surface area contributed by atoms with Gasteiger partial charge < -0.3 is 9.84 Å². The minimum atomic E-state index is -0.652. The maximum atomic E-state index is 11.5. The summed E-state index contributed by atoms with van der Waals surface area (Å²) in [4.78, 5) is 22.5. The van der Waals surface area contributed by atoms with Gasteiger partial charge in [0, 0.05) is 13.3 Å². The lowest BCUT2D eigenvalue weighted by Gasteiger charge is -2.61. The molecule has 4 rings (SSSR count). The second-order valence-corrected chi connectivity index (χ2v) is 11.8. The van der Waals surface area contributed by atoms with Crippen molar-refractivity contribution >= 4 is 11.9 Å². The van der Waals surface area contributed by atoms with Crippen LogP contribution in [0, 0.1) is 46.3 Å². The molecule has 0 aromatic rings. The Labute approximate surface area is 182 Å². The van der Waals surface area contributed by atoms with E-state index >= 15 is 0 Å². The molecule has 0 aromatic heterocycles. The van der Waals surface area contributed by atoms with Crippen LogP contribution in [-0.2, 0) is 14.3 Å². The Morgan fingerprint density at radius 2 is 1.70 bits per heavy atom. The van der Waals surface area contributed by atoms with E-state index in [1.807, 2.05) is 0 Å². The van der Waals surface area contributed by atoms with Crippen LogP contribution in [0.4, 0.5) is 0 Å². The van der Waals surface area contributed by atoms with Gasteiger partial charge in [-0.1, -0.05) is 20.8 Å². The fourth-order valence-electron chi connectivity index (χ4n) is 9.09. The Kier molecular flexibility index (Phi) is 6.00. The molecule has 0 aromatic carbocycles. The molecule has 1 N–H and O–H groups in total. The Balaban J connectivity index is 1.47. The van der Waals surface area contributed by atoms with Gasteiger partial charge in [0.2, 0.25) is 0 Å². The molecule has 4 heteroatoms. The van der Waals surface area contributed by atoms with E-state index in [4.69, 9.17) is 9.84 Å². The van der Waals surface area contributed by atoms with Crippen molar-refractivity contribution in [2.75, 3.05) is 0 Å². The highest BCUT2D eigenvalue weighted by Gasteiger charge is 2.60. The van der Waals surface area contributed by atoms with Crippen LogP contribution in [0.5, 0.6) is 0 Å². The molecular weight excluding hydrogens is 376 g/mol. The van der Waals surface area contributed by atoms with Crippen molar-refractivity contribution in [2.24, 2.45) is 46.3 Å². The van der Waals surface area contributed by atoms with E-state index in [1.54, 1.807) is 6.92 Å². The third-order valence-corrected chi connectivity index (χ3v) is 10.5. The zero-order chi connectivity index (χ0) is 21.7. The molecule has 170 valence electrons. The summed E-state index contributed by atoms with van der Waals surface area (Å²) < 4.78 is 5.61. The SMILES string of the molecule is CC(=O)O[C@H]1CC[C@]2(C)C3CC[C@@]4(C)C(CCC4[C@H](C)CCC(=O)O)[C@@H]3CC[C@@H]2C1. The van der Waals surface area contributed by atoms with Gasteiger partial charge in [0.25, 0.3) is 0 Å². The number of carbonyl (C=O) groups excluding carboxylic acids is 1. The number of ether oxygens (including phenoxy) is 1. The largest absolute Gasteiger partial charge is 0.481 e. The smallest absolute Gasteiger partial charge is 0.303 e. The van der Waals surface area contributed by atoms with E-state index in [0.717, 1.165) is 37.0 Å². The molecule has 0 spiro atoms. The fourth-order valence-corrected chi connectivity index (χ4v) is 9.09. The number of aliphatic carboxylic acids is 1. The Hall–Kier alpha value is -1.06. The second-order valence-electron chi connectivity index (χ2n) is 11.8. The van der Waals surface area contributed by atoms with Gasteiger partial charge in [0.1, 0.15) is 6.10 Å². The third kappa shape index (κ3) is 3.71. The minimum Gasteiger partial charge on any atom is -0.481 e. The van der Waals surface area contributed by atoms with E-state index in [9.17, 15) is 9.59 Å². The van der Waals surface area contributed by atoms with Crippen LogP contribution < -0.4 is 0 Å². The molecule has 4 fully saturated rings. The number of carboxylic acids is 1. The van der Waals surface area contributed by atoms with Gasteiger partial charge >= 0.3 is 11.9 Å². The summed E-state index contributed by atoms with van der Waals surface area (Å²) in [5.41, 5.74) is 0.811. The van der Waals surface area contributed by atoms with Gasteiger partial charge in [-0.05, 0) is 111 Å². The monoisotopic (exact) mass is 418 g/mol. The number of hydrogen-bond acceptors (Lipinski definition) is 3. The molecule has 30 heavy (non-hydrogen) atoms. The van der Waals surface area contributed by atoms with E-state index in [1.165, 1.54) is 44.9 Å². The lowest BCUT2D eigenvalue weighted by Crippen LogP contribution is -2.54. The second kappa shape index (κ2) is 8.13. The summed E-state index contributed by atoms with van der Waals surface area (Å²) in [6.45, 7) is 8.96. The van der Waals surface area contributed by atoms with Crippen molar-refractivity contribution in [2.45, 2.75) is 104 Å². The first-order valence-corrected chi connectivity index (χ1v) is 12.5. The maximum absolute atomic E-state index is 11.5. The molecule has 0 saturated heterocycles. The van der Waals surface area contributed by atoms with Crippen LogP contribution in [0.2, 0.25) is 0 Å². The lowest BCUT2D eigenvalue weighted by molar-refractivity contribution is -0.160. The Morgan fingerprint density at radius 1 is 1.00 bits per heavy atom. The Bertz CT molecular complexity index is 674. The lowest BCUT2D eigenvalue weighted by atomic mass is 9.44. The van der Waals surface area contributed by atoms with Crippen LogP contribution in [0.1, 0.15) is 98.3 Å². The first-order valence-electron chi connectivity index (χ1n) is 12.5. The number of carbonyl (C=O) groups is 2. The van der Waals surface area contributed by atoms with Crippen LogP contribution in [-0.4, -0.2) is 23.1 Å². The van der Waals surface area contributed by atoms with E-state index in [0.29, 0.717) is 35.0 Å². The zero-order valence-electron chi connectivity index (χ0n) is 19.5. The van der Waals surface area contributed by atoms with Crippen LogP contribution in [0.3, 0.4) is 0 Å². The van der Waals surface area contributed by atoms with Gasteiger partial charge in [-0.15, -0.1) is 0 Å². The number of rotatable bonds is 5. The summed E-state index contributed by atoms with van der Waals surface area (Å²) in [6, 6.07) is 0. The highest BCUT2D eigenvalue weighted by molar-refractivity contribution is 5.66. The summed E-state index contributed by atoms with van der Waals surface area (Å²) in [5, 5.41) is 9.13. The molecule has 0 bridgehead atoms. The number of fused-ring (bicyclic) bond motifs is 5.